The zero-order valence-corrected chi connectivity index (χ0v) is 15.3. The Morgan fingerprint density at radius 1 is 1.00 bits per heavy atom. The molecule has 0 radical (unpaired) electrons. The fourth-order valence-electron chi connectivity index (χ4n) is 3.33. The van der Waals surface area contributed by atoms with Crippen LogP contribution >= 0.6 is 22.7 Å². The van der Waals surface area contributed by atoms with Crippen molar-refractivity contribution >= 4 is 48.9 Å². The summed E-state index contributed by atoms with van der Waals surface area (Å²) < 4.78 is 1.27. The number of thiophene rings is 1. The van der Waals surface area contributed by atoms with Gasteiger partial charge in [-0.25, -0.2) is 15.0 Å². The van der Waals surface area contributed by atoms with Crippen LogP contribution in [0, 0.1) is 0 Å². The summed E-state index contributed by atoms with van der Waals surface area (Å²) in [5.41, 5.74) is 1.11. The number of piperazine rings is 1. The van der Waals surface area contributed by atoms with Crippen LogP contribution in [0.5, 0.6) is 0 Å². The highest BCUT2D eigenvalue weighted by Crippen LogP contribution is 2.28. The number of anilines is 1. The first-order chi connectivity index (χ1) is 12.4. The van der Waals surface area contributed by atoms with Crippen LogP contribution in [-0.2, 0) is 6.54 Å². The van der Waals surface area contributed by atoms with Gasteiger partial charge in [0.1, 0.15) is 22.0 Å². The molecule has 7 heteroatoms. The first kappa shape index (κ1) is 15.2. The molecule has 1 fully saturated rings. The molecule has 1 saturated heterocycles. The van der Waals surface area contributed by atoms with Crippen molar-refractivity contribution in [1.82, 2.24) is 19.9 Å². The zero-order chi connectivity index (χ0) is 16.6. The van der Waals surface area contributed by atoms with Gasteiger partial charge in [-0.05, 0) is 23.6 Å². The SMILES string of the molecule is c1ccc2sc(CN3CCN(c4ncnc5sccc45)CC3)nc2c1. The Bertz CT molecular complexity index is 983. The van der Waals surface area contributed by atoms with E-state index >= 15 is 0 Å². The van der Waals surface area contributed by atoms with Crippen molar-refractivity contribution in [3.8, 4) is 0 Å². The monoisotopic (exact) mass is 367 g/mol. The summed E-state index contributed by atoms with van der Waals surface area (Å²) in [7, 11) is 0. The maximum Gasteiger partial charge on any atom is 0.140 e. The van der Waals surface area contributed by atoms with Crippen molar-refractivity contribution in [2.45, 2.75) is 6.54 Å². The second-order valence-electron chi connectivity index (χ2n) is 6.18. The van der Waals surface area contributed by atoms with Gasteiger partial charge in [-0.2, -0.15) is 0 Å². The Morgan fingerprint density at radius 3 is 2.76 bits per heavy atom. The summed E-state index contributed by atoms with van der Waals surface area (Å²) in [5, 5.41) is 4.47. The fourth-order valence-corrected chi connectivity index (χ4v) is 5.06. The average molecular weight is 368 g/mol. The van der Waals surface area contributed by atoms with E-state index in [1.165, 1.54) is 15.1 Å². The number of thiazole rings is 1. The van der Waals surface area contributed by atoms with Crippen molar-refractivity contribution in [3.05, 3.63) is 47.0 Å². The predicted octanol–water partition coefficient (Wildman–Crippen LogP) is 3.62. The third-order valence-corrected chi connectivity index (χ3v) is 6.45. The quantitative estimate of drug-likeness (QED) is 0.553. The molecule has 1 aliphatic heterocycles. The molecule has 0 saturated carbocycles. The van der Waals surface area contributed by atoms with E-state index in [9.17, 15) is 0 Å². The van der Waals surface area contributed by atoms with Crippen molar-refractivity contribution in [2.24, 2.45) is 0 Å². The minimum absolute atomic E-state index is 0.935. The summed E-state index contributed by atoms with van der Waals surface area (Å²) in [5.74, 6) is 1.07. The zero-order valence-electron chi connectivity index (χ0n) is 13.6. The lowest BCUT2D eigenvalue weighted by Crippen LogP contribution is -2.46. The Labute approximate surface area is 153 Å². The number of nitrogens with zero attached hydrogens (tertiary/aromatic N) is 5. The Kier molecular flexibility index (Phi) is 3.84. The molecular weight excluding hydrogens is 350 g/mol. The van der Waals surface area contributed by atoms with Gasteiger partial charge in [0.15, 0.2) is 0 Å². The molecule has 1 aromatic carbocycles. The summed E-state index contributed by atoms with van der Waals surface area (Å²) in [6.07, 6.45) is 1.68. The van der Waals surface area contributed by atoms with Gasteiger partial charge in [-0.15, -0.1) is 22.7 Å². The molecule has 0 bridgehead atoms. The van der Waals surface area contributed by atoms with E-state index in [2.05, 4.69) is 55.5 Å². The molecule has 5 rings (SSSR count). The van der Waals surface area contributed by atoms with Gasteiger partial charge in [0, 0.05) is 26.2 Å². The van der Waals surface area contributed by atoms with Gasteiger partial charge in [0.25, 0.3) is 0 Å². The molecule has 3 aromatic heterocycles. The Morgan fingerprint density at radius 2 is 1.88 bits per heavy atom. The number of benzene rings is 1. The summed E-state index contributed by atoms with van der Waals surface area (Å²) >= 11 is 3.48. The average Bonchev–Trinajstić information content (AvgIpc) is 3.28. The fraction of sp³-hybridized carbons (Fsp3) is 0.278. The van der Waals surface area contributed by atoms with Crippen molar-refractivity contribution in [2.75, 3.05) is 31.1 Å². The molecule has 0 N–H and O–H groups in total. The lowest BCUT2D eigenvalue weighted by atomic mass is 10.2. The van der Waals surface area contributed by atoms with E-state index in [1.807, 2.05) is 0 Å². The normalized spacial score (nSPS) is 16.1. The molecule has 0 atom stereocenters. The van der Waals surface area contributed by atoms with Crippen LogP contribution in [0.1, 0.15) is 5.01 Å². The van der Waals surface area contributed by atoms with Crippen LogP contribution in [0.15, 0.2) is 42.0 Å². The molecule has 4 heterocycles. The van der Waals surface area contributed by atoms with Crippen LogP contribution in [-0.4, -0.2) is 46.0 Å². The van der Waals surface area contributed by atoms with E-state index in [1.54, 1.807) is 29.0 Å². The van der Waals surface area contributed by atoms with Crippen LogP contribution < -0.4 is 4.90 Å². The Hall–Kier alpha value is -2.09. The van der Waals surface area contributed by atoms with E-state index < -0.39 is 0 Å². The minimum Gasteiger partial charge on any atom is -0.353 e. The minimum atomic E-state index is 0.935. The molecular formula is C18H17N5S2. The number of aromatic nitrogens is 3. The molecule has 0 aliphatic carbocycles. The Balaban J connectivity index is 1.29. The van der Waals surface area contributed by atoms with Gasteiger partial charge < -0.3 is 4.90 Å². The number of hydrogen-bond donors (Lipinski definition) is 0. The van der Waals surface area contributed by atoms with Crippen molar-refractivity contribution in [3.63, 3.8) is 0 Å². The smallest absolute Gasteiger partial charge is 0.140 e. The topological polar surface area (TPSA) is 45.2 Å². The molecule has 0 amide bonds. The first-order valence-corrected chi connectivity index (χ1v) is 10.1. The summed E-state index contributed by atoms with van der Waals surface area (Å²) in [6, 6.07) is 10.5. The number of para-hydroxylation sites is 1. The second-order valence-corrected chi connectivity index (χ2v) is 8.18. The molecule has 1 aliphatic rings. The van der Waals surface area contributed by atoms with Gasteiger partial charge in [0.2, 0.25) is 0 Å². The molecule has 4 aromatic rings. The number of hydrogen-bond acceptors (Lipinski definition) is 7. The maximum absolute atomic E-state index is 4.76. The van der Waals surface area contributed by atoms with Gasteiger partial charge in [-0.3, -0.25) is 4.90 Å². The first-order valence-electron chi connectivity index (χ1n) is 8.37. The molecule has 5 nitrogen and oxygen atoms in total. The predicted molar refractivity (Wildman–Crippen MR) is 105 cm³/mol. The largest absolute Gasteiger partial charge is 0.353 e. The lowest BCUT2D eigenvalue weighted by Gasteiger charge is -2.35. The molecule has 25 heavy (non-hydrogen) atoms. The van der Waals surface area contributed by atoms with Crippen LogP contribution in [0.3, 0.4) is 0 Å². The molecule has 126 valence electrons. The number of rotatable bonds is 3. The van der Waals surface area contributed by atoms with Crippen LogP contribution in [0.4, 0.5) is 5.82 Å². The van der Waals surface area contributed by atoms with Gasteiger partial charge in [0.05, 0.1) is 22.1 Å². The lowest BCUT2D eigenvalue weighted by molar-refractivity contribution is 0.249. The highest BCUT2D eigenvalue weighted by atomic mass is 32.1. The van der Waals surface area contributed by atoms with Crippen molar-refractivity contribution < 1.29 is 0 Å². The van der Waals surface area contributed by atoms with E-state index in [0.29, 0.717) is 0 Å². The van der Waals surface area contributed by atoms with Crippen LogP contribution in [0.25, 0.3) is 20.4 Å². The van der Waals surface area contributed by atoms with Gasteiger partial charge in [-0.1, -0.05) is 12.1 Å². The van der Waals surface area contributed by atoms with Crippen LogP contribution in [0.2, 0.25) is 0 Å². The molecule has 0 spiro atoms. The van der Waals surface area contributed by atoms with Crippen molar-refractivity contribution in [1.29, 1.82) is 0 Å². The highest BCUT2D eigenvalue weighted by molar-refractivity contribution is 7.18. The summed E-state index contributed by atoms with van der Waals surface area (Å²) in [6.45, 7) is 4.99. The highest BCUT2D eigenvalue weighted by Gasteiger charge is 2.21. The van der Waals surface area contributed by atoms with E-state index in [4.69, 9.17) is 4.98 Å². The third-order valence-electron chi connectivity index (χ3n) is 4.61. The standard InChI is InChI=1S/C18H17N5S2/c1-2-4-15-14(3-1)21-16(25-15)11-22-6-8-23(9-7-22)17-13-5-10-24-18(13)20-12-19-17/h1-5,10,12H,6-9,11H2. The molecule has 0 unspecified atom stereocenters. The third kappa shape index (κ3) is 2.88. The van der Waals surface area contributed by atoms with E-state index in [0.717, 1.165) is 48.9 Å². The second kappa shape index (κ2) is 6.33. The maximum atomic E-state index is 4.76. The number of fused-ring (bicyclic) bond motifs is 2. The summed E-state index contributed by atoms with van der Waals surface area (Å²) in [4.78, 5) is 19.6. The van der Waals surface area contributed by atoms with Gasteiger partial charge >= 0.3 is 0 Å². The van der Waals surface area contributed by atoms with E-state index in [-0.39, 0.29) is 0 Å².